The summed E-state index contributed by atoms with van der Waals surface area (Å²) in [5.74, 6) is -1.70. The highest BCUT2D eigenvalue weighted by molar-refractivity contribution is 5.85. The second-order valence-electron chi connectivity index (χ2n) is 5.65. The number of hydrogen-bond acceptors (Lipinski definition) is 3. The van der Waals surface area contributed by atoms with E-state index >= 15 is 0 Å². The van der Waals surface area contributed by atoms with Crippen molar-refractivity contribution in [1.29, 1.82) is 0 Å². The Morgan fingerprint density at radius 2 is 2.10 bits per heavy atom. The van der Waals surface area contributed by atoms with E-state index < -0.39 is 17.8 Å². The fourth-order valence-corrected chi connectivity index (χ4v) is 2.87. The van der Waals surface area contributed by atoms with Crippen LogP contribution in [0.1, 0.15) is 30.9 Å². The zero-order chi connectivity index (χ0) is 14.7. The highest BCUT2D eigenvalue weighted by Gasteiger charge is 2.40. The van der Waals surface area contributed by atoms with Crippen LogP contribution < -0.4 is 5.32 Å². The minimum atomic E-state index is -0.866. The van der Waals surface area contributed by atoms with Gasteiger partial charge < -0.3 is 10.4 Å². The molecule has 1 fully saturated rings. The molecule has 1 aromatic heterocycles. The number of aryl methyl sites for hydroxylation is 1. The first-order chi connectivity index (χ1) is 9.49. The van der Waals surface area contributed by atoms with E-state index in [2.05, 4.69) is 10.3 Å². The summed E-state index contributed by atoms with van der Waals surface area (Å²) in [6.45, 7) is 4.35. The largest absolute Gasteiger partial charge is 0.481 e. The number of aromatic nitrogens is 1. The highest BCUT2D eigenvalue weighted by Crippen LogP contribution is 2.36. The summed E-state index contributed by atoms with van der Waals surface area (Å²) >= 11 is 0. The third kappa shape index (κ3) is 3.15. The maximum Gasteiger partial charge on any atom is 0.307 e. The number of nitrogens with one attached hydrogen (secondary N) is 1. The van der Waals surface area contributed by atoms with Crippen molar-refractivity contribution in [2.45, 2.75) is 33.2 Å². The number of pyridine rings is 1. The van der Waals surface area contributed by atoms with Gasteiger partial charge in [0, 0.05) is 18.9 Å². The lowest BCUT2D eigenvalue weighted by Gasteiger charge is -2.16. The standard InChI is InChI=1S/C15H20N2O3/c1-9-5-12(13(6-9)15(19)20)14(18)17-8-11-3-4-16-7-10(11)2/h3-4,7,9,12-13H,5-6,8H2,1-2H3,(H,17,18)(H,19,20)/t9?,12-,13+/m0/s1. The molecule has 3 atom stereocenters. The Bertz CT molecular complexity index is 516. The maximum absolute atomic E-state index is 12.2. The van der Waals surface area contributed by atoms with Crippen molar-refractivity contribution in [3.8, 4) is 0 Å². The summed E-state index contributed by atoms with van der Waals surface area (Å²) < 4.78 is 0. The van der Waals surface area contributed by atoms with Gasteiger partial charge in [-0.3, -0.25) is 14.6 Å². The van der Waals surface area contributed by atoms with Gasteiger partial charge in [-0.2, -0.15) is 0 Å². The third-order valence-electron chi connectivity index (χ3n) is 4.04. The van der Waals surface area contributed by atoms with Crippen LogP contribution in [0.4, 0.5) is 0 Å². The minimum Gasteiger partial charge on any atom is -0.481 e. The molecule has 0 aliphatic heterocycles. The summed E-state index contributed by atoms with van der Waals surface area (Å²) in [4.78, 5) is 27.4. The van der Waals surface area contributed by atoms with E-state index in [0.717, 1.165) is 11.1 Å². The first-order valence-corrected chi connectivity index (χ1v) is 6.89. The van der Waals surface area contributed by atoms with E-state index in [1.807, 2.05) is 19.9 Å². The first-order valence-electron chi connectivity index (χ1n) is 6.89. The fourth-order valence-electron chi connectivity index (χ4n) is 2.87. The third-order valence-corrected chi connectivity index (χ3v) is 4.04. The molecule has 1 aliphatic carbocycles. The number of aliphatic carboxylic acids is 1. The number of amides is 1. The van der Waals surface area contributed by atoms with Gasteiger partial charge in [0.2, 0.25) is 5.91 Å². The molecule has 108 valence electrons. The van der Waals surface area contributed by atoms with Crippen LogP contribution in [0.2, 0.25) is 0 Å². The zero-order valence-corrected chi connectivity index (χ0v) is 11.8. The molecule has 0 aromatic carbocycles. The van der Waals surface area contributed by atoms with Gasteiger partial charge in [-0.05, 0) is 42.9 Å². The number of carbonyl (C=O) groups is 2. The van der Waals surface area contributed by atoms with Crippen molar-refractivity contribution in [3.63, 3.8) is 0 Å². The van der Waals surface area contributed by atoms with Gasteiger partial charge in [0.05, 0.1) is 11.8 Å². The van der Waals surface area contributed by atoms with Crippen molar-refractivity contribution in [2.24, 2.45) is 17.8 Å². The molecule has 1 heterocycles. The Morgan fingerprint density at radius 3 is 2.75 bits per heavy atom. The van der Waals surface area contributed by atoms with Gasteiger partial charge in [-0.25, -0.2) is 0 Å². The van der Waals surface area contributed by atoms with Crippen LogP contribution in [-0.4, -0.2) is 22.0 Å². The Labute approximate surface area is 118 Å². The van der Waals surface area contributed by atoms with Crippen LogP contribution in [0.25, 0.3) is 0 Å². The Hall–Kier alpha value is -1.91. The molecule has 0 saturated heterocycles. The van der Waals surface area contributed by atoms with Crippen molar-refractivity contribution in [2.75, 3.05) is 0 Å². The molecule has 2 rings (SSSR count). The topological polar surface area (TPSA) is 79.3 Å². The normalized spacial score (nSPS) is 25.4. The average Bonchev–Trinajstić information content (AvgIpc) is 2.80. The predicted octanol–water partition coefficient (Wildman–Crippen LogP) is 1.75. The molecule has 20 heavy (non-hydrogen) atoms. The van der Waals surface area contributed by atoms with Crippen molar-refractivity contribution in [3.05, 3.63) is 29.6 Å². The summed E-state index contributed by atoms with van der Waals surface area (Å²) in [7, 11) is 0. The van der Waals surface area contributed by atoms with Gasteiger partial charge in [0.15, 0.2) is 0 Å². The minimum absolute atomic E-state index is 0.155. The van der Waals surface area contributed by atoms with Gasteiger partial charge in [-0.1, -0.05) is 6.92 Å². The molecule has 1 aliphatic rings. The van der Waals surface area contributed by atoms with Crippen LogP contribution in [-0.2, 0) is 16.1 Å². The summed E-state index contributed by atoms with van der Waals surface area (Å²) in [6.07, 6.45) is 4.67. The summed E-state index contributed by atoms with van der Waals surface area (Å²) in [6, 6.07) is 1.86. The van der Waals surface area contributed by atoms with E-state index in [1.54, 1.807) is 12.4 Å². The monoisotopic (exact) mass is 276 g/mol. The van der Waals surface area contributed by atoms with Gasteiger partial charge >= 0.3 is 5.97 Å². The van der Waals surface area contributed by atoms with Crippen LogP contribution in [0.3, 0.4) is 0 Å². The molecule has 1 amide bonds. The number of nitrogens with zero attached hydrogens (tertiary/aromatic N) is 1. The quantitative estimate of drug-likeness (QED) is 0.878. The molecule has 0 bridgehead atoms. The highest BCUT2D eigenvalue weighted by atomic mass is 16.4. The van der Waals surface area contributed by atoms with Gasteiger partial charge in [0.25, 0.3) is 0 Å². The average molecular weight is 276 g/mol. The second kappa shape index (κ2) is 6.03. The smallest absolute Gasteiger partial charge is 0.307 e. The molecule has 0 radical (unpaired) electrons. The molecule has 1 aromatic rings. The van der Waals surface area contributed by atoms with E-state index in [1.165, 1.54) is 0 Å². The van der Waals surface area contributed by atoms with E-state index in [-0.39, 0.29) is 11.8 Å². The number of hydrogen-bond donors (Lipinski definition) is 2. The molecule has 0 spiro atoms. The number of rotatable bonds is 4. The fraction of sp³-hybridized carbons (Fsp3) is 0.533. The molecule has 5 nitrogen and oxygen atoms in total. The van der Waals surface area contributed by atoms with E-state index in [4.69, 9.17) is 0 Å². The van der Waals surface area contributed by atoms with Crippen molar-refractivity contribution >= 4 is 11.9 Å². The van der Waals surface area contributed by atoms with Crippen LogP contribution >= 0.6 is 0 Å². The Morgan fingerprint density at radius 1 is 1.40 bits per heavy atom. The summed E-state index contributed by atoms with van der Waals surface area (Å²) in [5, 5.41) is 12.0. The molecule has 5 heteroatoms. The predicted molar refractivity (Wildman–Crippen MR) is 73.8 cm³/mol. The number of carboxylic acids is 1. The Kier molecular flexibility index (Phi) is 4.37. The lowest BCUT2D eigenvalue weighted by atomic mass is 9.95. The van der Waals surface area contributed by atoms with Crippen molar-refractivity contribution in [1.82, 2.24) is 10.3 Å². The molecule has 2 N–H and O–H groups in total. The SMILES string of the molecule is Cc1cnccc1CNC(=O)[C@H]1CC(C)C[C@H]1C(=O)O. The zero-order valence-electron chi connectivity index (χ0n) is 11.8. The van der Waals surface area contributed by atoms with E-state index in [0.29, 0.717) is 19.4 Å². The summed E-state index contributed by atoms with van der Waals surface area (Å²) in [5.41, 5.74) is 2.02. The molecular formula is C15H20N2O3. The molecule has 1 unspecified atom stereocenters. The van der Waals surface area contributed by atoms with Crippen LogP contribution in [0.15, 0.2) is 18.5 Å². The van der Waals surface area contributed by atoms with Crippen LogP contribution in [0.5, 0.6) is 0 Å². The number of carboxylic acid groups (broad SMARTS) is 1. The lowest BCUT2D eigenvalue weighted by Crippen LogP contribution is -2.35. The lowest BCUT2D eigenvalue weighted by molar-refractivity contribution is -0.146. The van der Waals surface area contributed by atoms with Crippen LogP contribution in [0, 0.1) is 24.7 Å². The van der Waals surface area contributed by atoms with E-state index in [9.17, 15) is 14.7 Å². The molecule has 1 saturated carbocycles. The second-order valence-corrected chi connectivity index (χ2v) is 5.65. The van der Waals surface area contributed by atoms with Gasteiger partial charge in [0.1, 0.15) is 0 Å². The maximum atomic E-state index is 12.2. The Balaban J connectivity index is 1.98. The van der Waals surface area contributed by atoms with Crippen molar-refractivity contribution < 1.29 is 14.7 Å². The van der Waals surface area contributed by atoms with Gasteiger partial charge in [-0.15, -0.1) is 0 Å². The number of carbonyl (C=O) groups excluding carboxylic acids is 1. The first kappa shape index (κ1) is 14.5. The molecular weight excluding hydrogens is 256 g/mol.